The highest BCUT2D eigenvalue weighted by molar-refractivity contribution is 6.33. The fourth-order valence-electron chi connectivity index (χ4n) is 4.78. The molecule has 3 aromatic rings. The second-order valence-electron chi connectivity index (χ2n) is 9.52. The summed E-state index contributed by atoms with van der Waals surface area (Å²) in [6, 6.07) is 12.7. The fourth-order valence-corrected chi connectivity index (χ4v) is 5.03. The van der Waals surface area contributed by atoms with Crippen LogP contribution in [0.15, 0.2) is 48.5 Å². The van der Waals surface area contributed by atoms with E-state index in [1.807, 2.05) is 24.3 Å². The Kier molecular flexibility index (Phi) is 7.92. The zero-order valence-corrected chi connectivity index (χ0v) is 21.5. The Morgan fingerprint density at radius 1 is 1.03 bits per heavy atom. The molecule has 7 nitrogen and oxygen atoms in total. The summed E-state index contributed by atoms with van der Waals surface area (Å²) in [6.45, 7) is 3.85. The number of para-hydroxylation sites is 1. The van der Waals surface area contributed by atoms with E-state index in [0.717, 1.165) is 55.0 Å². The number of nitrogens with one attached hydrogen (secondary N) is 1. The Bertz CT molecular complexity index is 1250. The normalized spacial score (nSPS) is 16.8. The molecule has 0 spiro atoms. The van der Waals surface area contributed by atoms with Gasteiger partial charge in [0.1, 0.15) is 12.4 Å². The van der Waals surface area contributed by atoms with Crippen LogP contribution in [0.3, 0.4) is 0 Å². The van der Waals surface area contributed by atoms with Crippen molar-refractivity contribution < 1.29 is 23.0 Å². The van der Waals surface area contributed by atoms with Crippen LogP contribution in [0.1, 0.15) is 29.7 Å². The topological polar surface area (TPSA) is 73.8 Å². The number of aliphatic hydroxyl groups excluding tert-OH is 1. The van der Waals surface area contributed by atoms with Crippen molar-refractivity contribution in [3.8, 4) is 6.01 Å². The van der Waals surface area contributed by atoms with E-state index in [9.17, 15) is 18.3 Å². The van der Waals surface area contributed by atoms with Crippen LogP contribution in [0.5, 0.6) is 6.01 Å². The monoisotopic (exact) mass is 547 g/mol. The second-order valence-corrected chi connectivity index (χ2v) is 9.93. The van der Waals surface area contributed by atoms with E-state index < -0.39 is 11.7 Å². The first kappa shape index (κ1) is 26.5. The number of anilines is 3. The molecule has 1 saturated heterocycles. The number of ether oxygens (including phenoxy) is 1. The average molecular weight is 548 g/mol. The molecule has 1 fully saturated rings. The van der Waals surface area contributed by atoms with E-state index in [1.54, 1.807) is 0 Å². The molecule has 2 aromatic carbocycles. The first-order valence-electron chi connectivity index (χ1n) is 12.6. The van der Waals surface area contributed by atoms with Gasteiger partial charge in [0.15, 0.2) is 0 Å². The average Bonchev–Trinajstić information content (AvgIpc) is 2.90. The smallest absolute Gasteiger partial charge is 0.416 e. The minimum Gasteiger partial charge on any atom is -0.462 e. The first-order valence-corrected chi connectivity index (χ1v) is 13.0. The number of rotatable bonds is 7. The van der Waals surface area contributed by atoms with Crippen molar-refractivity contribution in [1.29, 1.82) is 0 Å². The highest BCUT2D eigenvalue weighted by atomic mass is 35.5. The number of alkyl halides is 3. The SMILES string of the molecule is OC1CCN(CCOc2nc3c(c(Nc4ccc(C(F)(F)F)cc4)n2)CCN(c2ccccc2Cl)C3)CC1. The van der Waals surface area contributed by atoms with Crippen molar-refractivity contribution in [3.05, 3.63) is 70.4 Å². The van der Waals surface area contributed by atoms with Crippen molar-refractivity contribution >= 4 is 28.8 Å². The molecule has 0 aliphatic carbocycles. The van der Waals surface area contributed by atoms with E-state index in [0.29, 0.717) is 49.2 Å². The molecule has 0 unspecified atom stereocenters. The summed E-state index contributed by atoms with van der Waals surface area (Å²) in [5, 5.41) is 13.5. The van der Waals surface area contributed by atoms with E-state index in [1.165, 1.54) is 12.1 Å². The third kappa shape index (κ3) is 6.31. The highest BCUT2D eigenvalue weighted by Gasteiger charge is 2.30. The van der Waals surface area contributed by atoms with Crippen molar-refractivity contribution in [2.24, 2.45) is 0 Å². The predicted octanol–water partition coefficient (Wildman–Crippen LogP) is 5.29. The second kappa shape index (κ2) is 11.3. The van der Waals surface area contributed by atoms with Crippen LogP contribution in [0.25, 0.3) is 0 Å². The maximum absolute atomic E-state index is 13.0. The zero-order valence-electron chi connectivity index (χ0n) is 20.7. The molecule has 0 amide bonds. The van der Waals surface area contributed by atoms with Crippen molar-refractivity contribution in [2.75, 3.05) is 43.0 Å². The van der Waals surface area contributed by atoms with E-state index in [4.69, 9.17) is 21.3 Å². The van der Waals surface area contributed by atoms with Crippen LogP contribution >= 0.6 is 11.6 Å². The Morgan fingerprint density at radius 2 is 1.76 bits per heavy atom. The quantitative estimate of drug-likeness (QED) is 0.416. The first-order chi connectivity index (χ1) is 18.3. The Morgan fingerprint density at radius 3 is 2.47 bits per heavy atom. The molecule has 2 aliphatic heterocycles. The number of halogens is 4. The van der Waals surface area contributed by atoms with Gasteiger partial charge in [-0.3, -0.25) is 4.90 Å². The van der Waals surface area contributed by atoms with Crippen molar-refractivity contribution in [1.82, 2.24) is 14.9 Å². The van der Waals surface area contributed by atoms with Crippen LogP contribution in [0.4, 0.5) is 30.4 Å². The maximum Gasteiger partial charge on any atom is 0.416 e. The van der Waals surface area contributed by atoms with E-state index >= 15 is 0 Å². The predicted molar refractivity (Wildman–Crippen MR) is 140 cm³/mol. The molecule has 1 aromatic heterocycles. The maximum atomic E-state index is 13.0. The summed E-state index contributed by atoms with van der Waals surface area (Å²) in [6.07, 6.45) is -2.53. The minimum atomic E-state index is -4.40. The molecule has 2 N–H and O–H groups in total. The summed E-state index contributed by atoms with van der Waals surface area (Å²) >= 11 is 6.44. The van der Waals surface area contributed by atoms with Crippen molar-refractivity contribution in [3.63, 3.8) is 0 Å². The molecule has 38 heavy (non-hydrogen) atoms. The number of piperidine rings is 1. The van der Waals surface area contributed by atoms with Gasteiger partial charge in [-0.15, -0.1) is 0 Å². The lowest BCUT2D eigenvalue weighted by Gasteiger charge is -2.32. The number of aliphatic hydroxyl groups is 1. The van der Waals surface area contributed by atoms with Crippen LogP contribution in [-0.2, 0) is 19.1 Å². The van der Waals surface area contributed by atoms with Crippen LogP contribution in [-0.4, -0.2) is 58.9 Å². The molecule has 3 heterocycles. The lowest BCUT2D eigenvalue weighted by molar-refractivity contribution is -0.137. The number of benzene rings is 2. The molecular weight excluding hydrogens is 519 g/mol. The molecule has 5 rings (SSSR count). The van der Waals surface area contributed by atoms with Crippen molar-refractivity contribution in [2.45, 2.75) is 38.1 Å². The Hall–Kier alpha value is -3.08. The van der Waals surface area contributed by atoms with Gasteiger partial charge in [0.05, 0.1) is 34.6 Å². The van der Waals surface area contributed by atoms with Gasteiger partial charge >= 0.3 is 12.2 Å². The van der Waals surface area contributed by atoms with Gasteiger partial charge in [0, 0.05) is 37.4 Å². The number of likely N-dealkylation sites (tertiary alicyclic amines) is 1. The summed E-state index contributed by atoms with van der Waals surface area (Å²) in [5.41, 5.74) is 2.36. The summed E-state index contributed by atoms with van der Waals surface area (Å²) in [7, 11) is 0. The van der Waals surface area contributed by atoms with Crippen LogP contribution in [0.2, 0.25) is 5.02 Å². The van der Waals surface area contributed by atoms with E-state index in [-0.39, 0.29) is 12.1 Å². The van der Waals surface area contributed by atoms with Gasteiger partial charge in [-0.25, -0.2) is 0 Å². The molecule has 0 bridgehead atoms. The lowest BCUT2D eigenvalue weighted by Crippen LogP contribution is -2.38. The third-order valence-corrected chi connectivity index (χ3v) is 7.23. The number of aromatic nitrogens is 2. The Balaban J connectivity index is 1.37. The zero-order chi connectivity index (χ0) is 26.7. The number of fused-ring (bicyclic) bond motifs is 1. The molecule has 2 aliphatic rings. The molecular formula is C27H29ClF3N5O2. The highest BCUT2D eigenvalue weighted by Crippen LogP contribution is 2.34. The summed E-state index contributed by atoms with van der Waals surface area (Å²) in [4.78, 5) is 13.7. The van der Waals surface area contributed by atoms with Crippen LogP contribution < -0.4 is 15.0 Å². The standard InChI is InChI=1S/C27H29ClF3N5O2/c28-22-3-1-2-4-24(22)36-14-11-21-23(17-36)33-26(38-16-15-35-12-9-20(37)10-13-35)34-25(21)32-19-7-5-18(6-8-19)27(29,30)31/h1-8,20,37H,9-17H2,(H,32,33,34). The molecule has 0 atom stereocenters. The number of hydrogen-bond acceptors (Lipinski definition) is 7. The number of nitrogens with zero attached hydrogens (tertiary/aromatic N) is 4. The minimum absolute atomic E-state index is 0.205. The third-order valence-electron chi connectivity index (χ3n) is 6.91. The van der Waals surface area contributed by atoms with Gasteiger partial charge in [0.2, 0.25) is 0 Å². The summed E-state index contributed by atoms with van der Waals surface area (Å²) in [5.74, 6) is 0.518. The molecule has 11 heteroatoms. The van der Waals surface area contributed by atoms with Gasteiger partial charge in [-0.05, 0) is 55.7 Å². The molecule has 202 valence electrons. The van der Waals surface area contributed by atoms with Gasteiger partial charge < -0.3 is 20.1 Å². The summed E-state index contributed by atoms with van der Waals surface area (Å²) < 4.78 is 45.0. The lowest BCUT2D eigenvalue weighted by atomic mass is 10.0. The number of hydrogen-bond donors (Lipinski definition) is 2. The fraction of sp³-hybridized carbons (Fsp3) is 0.407. The Labute approximate surface area is 224 Å². The molecule has 0 saturated carbocycles. The van der Waals surface area contributed by atoms with Gasteiger partial charge in [-0.1, -0.05) is 23.7 Å². The largest absolute Gasteiger partial charge is 0.462 e. The van der Waals surface area contributed by atoms with Gasteiger partial charge in [-0.2, -0.15) is 23.1 Å². The van der Waals surface area contributed by atoms with Gasteiger partial charge in [0.25, 0.3) is 0 Å². The molecule has 0 radical (unpaired) electrons. The van der Waals surface area contributed by atoms with Crippen LogP contribution in [0, 0.1) is 0 Å². The van der Waals surface area contributed by atoms with E-state index in [2.05, 4.69) is 20.1 Å².